The molecule has 0 radical (unpaired) electrons. The van der Waals surface area contributed by atoms with Crippen molar-refractivity contribution in [3.63, 3.8) is 0 Å². The Morgan fingerprint density at radius 2 is 2.33 bits per heavy atom. The van der Waals surface area contributed by atoms with Crippen LogP contribution < -0.4 is 15.4 Å². The van der Waals surface area contributed by atoms with E-state index in [1.54, 1.807) is 13.3 Å². The largest absolute Gasteiger partial charge is 0.481 e. The van der Waals surface area contributed by atoms with E-state index < -0.39 is 0 Å². The van der Waals surface area contributed by atoms with Gasteiger partial charge < -0.3 is 15.4 Å². The Hall–Kier alpha value is -1.29. The molecule has 0 aliphatic carbocycles. The van der Waals surface area contributed by atoms with Gasteiger partial charge in [-0.2, -0.15) is 0 Å². The number of pyridine rings is 1. The second-order valence-corrected chi connectivity index (χ2v) is 4.10. The van der Waals surface area contributed by atoms with E-state index in [0.29, 0.717) is 11.8 Å². The van der Waals surface area contributed by atoms with Gasteiger partial charge in [0.1, 0.15) is 0 Å². The molecule has 2 heterocycles. The standard InChI is InChI=1S/C11H17N3O/c1-8-6-14(7-10(8)12)9-3-4-13-11(5-9)15-2/h3-5,8,10H,6-7,12H2,1-2H3. The average molecular weight is 207 g/mol. The van der Waals surface area contributed by atoms with Crippen LogP contribution in [0, 0.1) is 5.92 Å². The monoisotopic (exact) mass is 207 g/mol. The van der Waals surface area contributed by atoms with E-state index >= 15 is 0 Å². The van der Waals surface area contributed by atoms with E-state index in [-0.39, 0.29) is 6.04 Å². The maximum Gasteiger partial charge on any atom is 0.214 e. The summed E-state index contributed by atoms with van der Waals surface area (Å²) >= 11 is 0. The number of anilines is 1. The summed E-state index contributed by atoms with van der Waals surface area (Å²) < 4.78 is 5.10. The molecule has 4 heteroatoms. The van der Waals surface area contributed by atoms with E-state index in [1.807, 2.05) is 12.1 Å². The second-order valence-electron chi connectivity index (χ2n) is 4.10. The summed E-state index contributed by atoms with van der Waals surface area (Å²) in [4.78, 5) is 6.36. The van der Waals surface area contributed by atoms with Crippen LogP contribution in [0.15, 0.2) is 18.3 Å². The molecule has 2 N–H and O–H groups in total. The molecule has 2 rings (SSSR count). The van der Waals surface area contributed by atoms with Crippen LogP contribution in [-0.4, -0.2) is 31.2 Å². The highest BCUT2D eigenvalue weighted by Crippen LogP contribution is 2.24. The minimum Gasteiger partial charge on any atom is -0.481 e. The number of ether oxygens (including phenoxy) is 1. The van der Waals surface area contributed by atoms with Gasteiger partial charge in [-0.15, -0.1) is 0 Å². The molecule has 1 aromatic heterocycles. The molecule has 2 unspecified atom stereocenters. The molecule has 0 aromatic carbocycles. The van der Waals surface area contributed by atoms with Crippen molar-refractivity contribution < 1.29 is 4.74 Å². The Balaban J connectivity index is 2.16. The number of rotatable bonds is 2. The van der Waals surface area contributed by atoms with Crippen molar-refractivity contribution in [1.82, 2.24) is 4.98 Å². The van der Waals surface area contributed by atoms with Gasteiger partial charge in [0.2, 0.25) is 5.88 Å². The zero-order valence-corrected chi connectivity index (χ0v) is 9.18. The van der Waals surface area contributed by atoms with Crippen molar-refractivity contribution in [3.05, 3.63) is 18.3 Å². The first kappa shape index (κ1) is 10.2. The lowest BCUT2D eigenvalue weighted by Gasteiger charge is -2.18. The molecule has 0 amide bonds. The van der Waals surface area contributed by atoms with Crippen molar-refractivity contribution >= 4 is 5.69 Å². The van der Waals surface area contributed by atoms with Gasteiger partial charge in [0, 0.05) is 37.1 Å². The topological polar surface area (TPSA) is 51.4 Å². The third kappa shape index (κ3) is 2.04. The lowest BCUT2D eigenvalue weighted by Crippen LogP contribution is -2.28. The lowest BCUT2D eigenvalue weighted by atomic mass is 10.1. The Morgan fingerprint density at radius 1 is 1.53 bits per heavy atom. The highest BCUT2D eigenvalue weighted by atomic mass is 16.5. The molecule has 1 aromatic rings. The minimum absolute atomic E-state index is 0.268. The highest BCUT2D eigenvalue weighted by Gasteiger charge is 2.26. The van der Waals surface area contributed by atoms with E-state index in [4.69, 9.17) is 10.5 Å². The maximum atomic E-state index is 5.99. The fraction of sp³-hybridized carbons (Fsp3) is 0.545. The van der Waals surface area contributed by atoms with Crippen LogP contribution in [0.25, 0.3) is 0 Å². The summed E-state index contributed by atoms with van der Waals surface area (Å²) in [5, 5.41) is 0. The number of nitrogens with zero attached hydrogens (tertiary/aromatic N) is 2. The van der Waals surface area contributed by atoms with Crippen molar-refractivity contribution in [2.45, 2.75) is 13.0 Å². The van der Waals surface area contributed by atoms with Gasteiger partial charge in [-0.05, 0) is 12.0 Å². The maximum absolute atomic E-state index is 5.99. The average Bonchev–Trinajstić information content (AvgIpc) is 2.59. The predicted molar refractivity (Wildman–Crippen MR) is 60.1 cm³/mol. The minimum atomic E-state index is 0.268. The van der Waals surface area contributed by atoms with Crippen molar-refractivity contribution in [2.24, 2.45) is 11.7 Å². The molecule has 15 heavy (non-hydrogen) atoms. The van der Waals surface area contributed by atoms with E-state index in [9.17, 15) is 0 Å². The second kappa shape index (κ2) is 4.06. The molecular weight excluding hydrogens is 190 g/mol. The van der Waals surface area contributed by atoms with Gasteiger partial charge in [0.25, 0.3) is 0 Å². The summed E-state index contributed by atoms with van der Waals surface area (Å²) in [6.45, 7) is 4.10. The van der Waals surface area contributed by atoms with Gasteiger partial charge in [0.05, 0.1) is 7.11 Å². The predicted octanol–water partition coefficient (Wildman–Crippen LogP) is 0.874. The Morgan fingerprint density at radius 3 is 2.93 bits per heavy atom. The molecule has 2 atom stereocenters. The zero-order chi connectivity index (χ0) is 10.8. The van der Waals surface area contributed by atoms with Crippen LogP contribution in [0.5, 0.6) is 5.88 Å². The summed E-state index contributed by atoms with van der Waals surface area (Å²) in [6.07, 6.45) is 1.77. The fourth-order valence-electron chi connectivity index (χ4n) is 1.91. The number of hydrogen-bond acceptors (Lipinski definition) is 4. The first-order valence-corrected chi connectivity index (χ1v) is 5.21. The van der Waals surface area contributed by atoms with Gasteiger partial charge >= 0.3 is 0 Å². The van der Waals surface area contributed by atoms with Crippen LogP contribution in [-0.2, 0) is 0 Å². The molecule has 0 spiro atoms. The zero-order valence-electron chi connectivity index (χ0n) is 9.18. The van der Waals surface area contributed by atoms with Crippen molar-refractivity contribution in [2.75, 3.05) is 25.1 Å². The number of hydrogen-bond donors (Lipinski definition) is 1. The molecule has 0 saturated carbocycles. The van der Waals surface area contributed by atoms with Crippen molar-refractivity contribution in [1.29, 1.82) is 0 Å². The Bertz CT molecular complexity index is 332. The van der Waals surface area contributed by atoms with Gasteiger partial charge in [-0.3, -0.25) is 0 Å². The van der Waals surface area contributed by atoms with E-state index in [1.165, 1.54) is 0 Å². The third-order valence-corrected chi connectivity index (χ3v) is 2.96. The van der Waals surface area contributed by atoms with Crippen LogP contribution >= 0.6 is 0 Å². The molecule has 1 aliphatic rings. The van der Waals surface area contributed by atoms with Crippen LogP contribution in [0.1, 0.15) is 6.92 Å². The summed E-state index contributed by atoms with van der Waals surface area (Å²) in [5.41, 5.74) is 7.13. The van der Waals surface area contributed by atoms with E-state index in [0.717, 1.165) is 18.8 Å². The van der Waals surface area contributed by atoms with Gasteiger partial charge in [-0.1, -0.05) is 6.92 Å². The Kier molecular flexibility index (Phi) is 2.77. The highest BCUT2D eigenvalue weighted by molar-refractivity contribution is 5.49. The normalized spacial score (nSPS) is 25.7. The number of nitrogens with two attached hydrogens (primary N) is 1. The molecule has 1 aliphatic heterocycles. The lowest BCUT2D eigenvalue weighted by molar-refractivity contribution is 0.398. The quantitative estimate of drug-likeness (QED) is 0.782. The first-order valence-electron chi connectivity index (χ1n) is 5.21. The molecule has 4 nitrogen and oxygen atoms in total. The third-order valence-electron chi connectivity index (χ3n) is 2.96. The molecular formula is C11H17N3O. The number of methoxy groups -OCH3 is 1. The van der Waals surface area contributed by atoms with Gasteiger partial charge in [-0.25, -0.2) is 4.98 Å². The molecule has 82 valence electrons. The van der Waals surface area contributed by atoms with Gasteiger partial charge in [0.15, 0.2) is 0 Å². The van der Waals surface area contributed by atoms with Crippen LogP contribution in [0.3, 0.4) is 0 Å². The Labute approximate surface area is 90.0 Å². The fourth-order valence-corrected chi connectivity index (χ4v) is 1.91. The first-order chi connectivity index (χ1) is 7.20. The summed E-state index contributed by atoms with van der Waals surface area (Å²) in [6, 6.07) is 4.21. The molecule has 0 bridgehead atoms. The smallest absolute Gasteiger partial charge is 0.214 e. The van der Waals surface area contributed by atoms with Crippen LogP contribution in [0.4, 0.5) is 5.69 Å². The summed E-state index contributed by atoms with van der Waals surface area (Å²) in [5.74, 6) is 1.20. The number of aromatic nitrogens is 1. The van der Waals surface area contributed by atoms with Crippen LogP contribution in [0.2, 0.25) is 0 Å². The van der Waals surface area contributed by atoms with E-state index in [2.05, 4.69) is 16.8 Å². The SMILES string of the molecule is COc1cc(N2CC(C)C(N)C2)ccn1. The molecule has 1 saturated heterocycles. The summed E-state index contributed by atoms with van der Waals surface area (Å²) in [7, 11) is 1.63. The molecule has 1 fully saturated rings. The van der Waals surface area contributed by atoms with Crippen molar-refractivity contribution in [3.8, 4) is 5.88 Å².